The third-order valence-corrected chi connectivity index (χ3v) is 3.43. The van der Waals surface area contributed by atoms with E-state index >= 15 is 0 Å². The first-order valence-corrected chi connectivity index (χ1v) is 5.69. The van der Waals surface area contributed by atoms with E-state index in [1.807, 2.05) is 0 Å². The second-order valence-electron chi connectivity index (χ2n) is 4.30. The van der Waals surface area contributed by atoms with Crippen LogP contribution in [-0.2, 0) is 9.47 Å². The first-order chi connectivity index (χ1) is 7.14. The van der Waals surface area contributed by atoms with Crippen LogP contribution in [0.15, 0.2) is 12.2 Å². The summed E-state index contributed by atoms with van der Waals surface area (Å²) in [6, 6.07) is 0.0406. The van der Waals surface area contributed by atoms with Crippen LogP contribution in [0.5, 0.6) is 0 Å². The van der Waals surface area contributed by atoms with Gasteiger partial charge >= 0.3 is 0 Å². The summed E-state index contributed by atoms with van der Waals surface area (Å²) in [7, 11) is 1.75. The van der Waals surface area contributed by atoms with Crippen molar-refractivity contribution in [3.63, 3.8) is 0 Å². The van der Waals surface area contributed by atoms with Crippen LogP contribution in [0.1, 0.15) is 32.6 Å². The van der Waals surface area contributed by atoms with Crippen molar-refractivity contribution >= 4 is 0 Å². The van der Waals surface area contributed by atoms with Crippen LogP contribution in [0.25, 0.3) is 0 Å². The minimum Gasteiger partial charge on any atom is -0.381 e. The maximum atomic E-state index is 6.23. The van der Waals surface area contributed by atoms with E-state index in [0.717, 1.165) is 38.9 Å². The molecule has 1 aliphatic rings. The molecule has 1 aliphatic heterocycles. The fraction of sp³-hybridized carbons (Fsp3) is 0.833. The molecule has 0 bridgehead atoms. The Hall–Kier alpha value is -0.380. The molecule has 3 nitrogen and oxygen atoms in total. The fourth-order valence-electron chi connectivity index (χ4n) is 2.08. The first-order valence-electron chi connectivity index (χ1n) is 5.69. The van der Waals surface area contributed by atoms with Crippen LogP contribution in [0.3, 0.4) is 0 Å². The lowest BCUT2D eigenvalue weighted by molar-refractivity contribution is -0.103. The SMILES string of the molecule is C=C(CC)CC(N)C1(OC)CCOCC1. The minimum absolute atomic E-state index is 0.0406. The summed E-state index contributed by atoms with van der Waals surface area (Å²) in [6.07, 6.45) is 3.62. The minimum atomic E-state index is -0.198. The molecule has 0 amide bonds. The molecule has 0 aromatic carbocycles. The van der Waals surface area contributed by atoms with Gasteiger partial charge in [-0.05, 0) is 12.8 Å². The number of nitrogens with two attached hydrogens (primary N) is 1. The number of hydrogen-bond acceptors (Lipinski definition) is 3. The highest BCUT2D eigenvalue weighted by Gasteiger charge is 2.38. The number of rotatable bonds is 5. The first kappa shape index (κ1) is 12.7. The third kappa shape index (κ3) is 3.03. The smallest absolute Gasteiger partial charge is 0.0875 e. The molecule has 1 rings (SSSR count). The van der Waals surface area contributed by atoms with Crippen LogP contribution in [0.2, 0.25) is 0 Å². The van der Waals surface area contributed by atoms with Crippen molar-refractivity contribution in [3.8, 4) is 0 Å². The molecule has 0 aliphatic carbocycles. The van der Waals surface area contributed by atoms with Crippen molar-refractivity contribution < 1.29 is 9.47 Å². The molecule has 3 heteroatoms. The lowest BCUT2D eigenvalue weighted by Gasteiger charge is -2.40. The summed E-state index contributed by atoms with van der Waals surface area (Å²) in [5.41, 5.74) is 7.23. The number of methoxy groups -OCH3 is 1. The largest absolute Gasteiger partial charge is 0.381 e. The molecule has 1 saturated heterocycles. The zero-order chi connectivity index (χ0) is 11.3. The summed E-state index contributed by atoms with van der Waals surface area (Å²) in [4.78, 5) is 0. The van der Waals surface area contributed by atoms with E-state index in [4.69, 9.17) is 15.2 Å². The topological polar surface area (TPSA) is 44.5 Å². The highest BCUT2D eigenvalue weighted by Crippen LogP contribution is 2.30. The zero-order valence-corrected chi connectivity index (χ0v) is 9.92. The van der Waals surface area contributed by atoms with Crippen LogP contribution in [0, 0.1) is 0 Å². The van der Waals surface area contributed by atoms with Gasteiger partial charge in [-0.3, -0.25) is 0 Å². The average Bonchev–Trinajstić information content (AvgIpc) is 2.29. The van der Waals surface area contributed by atoms with Gasteiger partial charge in [0.1, 0.15) is 0 Å². The Morgan fingerprint density at radius 3 is 2.60 bits per heavy atom. The van der Waals surface area contributed by atoms with Crippen molar-refractivity contribution in [3.05, 3.63) is 12.2 Å². The van der Waals surface area contributed by atoms with Crippen LogP contribution in [-0.4, -0.2) is 32.0 Å². The van der Waals surface area contributed by atoms with Gasteiger partial charge in [0.25, 0.3) is 0 Å². The second-order valence-corrected chi connectivity index (χ2v) is 4.30. The maximum absolute atomic E-state index is 6.23. The van der Waals surface area contributed by atoms with Gasteiger partial charge in [-0.1, -0.05) is 19.1 Å². The van der Waals surface area contributed by atoms with Crippen LogP contribution < -0.4 is 5.73 Å². The molecule has 1 fully saturated rings. The van der Waals surface area contributed by atoms with Gasteiger partial charge in [0, 0.05) is 39.2 Å². The summed E-state index contributed by atoms with van der Waals surface area (Å²) in [5, 5.41) is 0. The Morgan fingerprint density at radius 2 is 2.13 bits per heavy atom. The quantitative estimate of drug-likeness (QED) is 0.709. The summed E-state index contributed by atoms with van der Waals surface area (Å²) in [6.45, 7) is 7.62. The molecule has 0 aromatic heterocycles. The molecule has 1 atom stereocenters. The Morgan fingerprint density at radius 1 is 1.53 bits per heavy atom. The van der Waals surface area contributed by atoms with E-state index in [1.165, 1.54) is 5.57 Å². The van der Waals surface area contributed by atoms with Crippen molar-refractivity contribution in [1.82, 2.24) is 0 Å². The van der Waals surface area contributed by atoms with E-state index in [2.05, 4.69) is 13.5 Å². The molecule has 1 unspecified atom stereocenters. The molecule has 0 aromatic rings. The maximum Gasteiger partial charge on any atom is 0.0875 e. The van der Waals surface area contributed by atoms with Gasteiger partial charge in [0.05, 0.1) is 5.60 Å². The third-order valence-electron chi connectivity index (χ3n) is 3.43. The molecule has 0 radical (unpaired) electrons. The normalized spacial score (nSPS) is 22.3. The van der Waals surface area contributed by atoms with Gasteiger partial charge < -0.3 is 15.2 Å². The molecule has 1 heterocycles. The predicted molar refractivity (Wildman–Crippen MR) is 61.8 cm³/mol. The van der Waals surface area contributed by atoms with E-state index in [9.17, 15) is 0 Å². The molecular formula is C12H23NO2. The highest BCUT2D eigenvalue weighted by molar-refractivity contribution is 5.03. The van der Waals surface area contributed by atoms with Gasteiger partial charge in [0.2, 0.25) is 0 Å². The van der Waals surface area contributed by atoms with Gasteiger partial charge in [0.15, 0.2) is 0 Å². The predicted octanol–water partition coefficient (Wildman–Crippen LogP) is 1.87. The van der Waals surface area contributed by atoms with Gasteiger partial charge in [-0.15, -0.1) is 0 Å². The standard InChI is InChI=1S/C12H23NO2/c1-4-10(2)9-11(13)12(14-3)5-7-15-8-6-12/h11H,2,4-9,13H2,1,3H3. The Balaban J connectivity index is 2.59. The van der Waals surface area contributed by atoms with E-state index in [0.29, 0.717) is 0 Å². The fourth-order valence-corrected chi connectivity index (χ4v) is 2.08. The van der Waals surface area contributed by atoms with Gasteiger partial charge in [-0.25, -0.2) is 0 Å². The molecule has 15 heavy (non-hydrogen) atoms. The van der Waals surface area contributed by atoms with E-state index < -0.39 is 0 Å². The zero-order valence-electron chi connectivity index (χ0n) is 9.92. The van der Waals surface area contributed by atoms with Gasteiger partial charge in [-0.2, -0.15) is 0 Å². The van der Waals surface area contributed by atoms with E-state index in [-0.39, 0.29) is 11.6 Å². The Labute approximate surface area is 92.6 Å². The molecule has 2 N–H and O–H groups in total. The summed E-state index contributed by atoms with van der Waals surface area (Å²) < 4.78 is 11.0. The monoisotopic (exact) mass is 213 g/mol. The van der Waals surface area contributed by atoms with Crippen molar-refractivity contribution in [2.24, 2.45) is 5.73 Å². The van der Waals surface area contributed by atoms with Crippen LogP contribution >= 0.6 is 0 Å². The Kier molecular flexibility index (Phi) is 4.77. The van der Waals surface area contributed by atoms with Crippen LogP contribution in [0.4, 0.5) is 0 Å². The molecule has 0 saturated carbocycles. The lowest BCUT2D eigenvalue weighted by Crippen LogP contribution is -2.53. The molecule has 88 valence electrons. The number of hydrogen-bond donors (Lipinski definition) is 1. The van der Waals surface area contributed by atoms with Crippen molar-refractivity contribution in [2.75, 3.05) is 20.3 Å². The van der Waals surface area contributed by atoms with Crippen molar-refractivity contribution in [2.45, 2.75) is 44.2 Å². The highest BCUT2D eigenvalue weighted by atomic mass is 16.5. The molecular weight excluding hydrogens is 190 g/mol. The Bertz CT molecular complexity index is 210. The summed E-state index contributed by atoms with van der Waals surface area (Å²) >= 11 is 0. The lowest BCUT2D eigenvalue weighted by atomic mass is 9.83. The molecule has 0 spiro atoms. The number of ether oxygens (including phenoxy) is 2. The summed E-state index contributed by atoms with van der Waals surface area (Å²) in [5.74, 6) is 0. The average molecular weight is 213 g/mol. The van der Waals surface area contributed by atoms with Crippen molar-refractivity contribution in [1.29, 1.82) is 0 Å². The second kappa shape index (κ2) is 5.64. The van der Waals surface area contributed by atoms with E-state index in [1.54, 1.807) is 7.11 Å².